The van der Waals surface area contributed by atoms with Crippen LogP contribution in [-0.2, 0) is 16.1 Å². The Kier molecular flexibility index (Phi) is 5.40. The zero-order chi connectivity index (χ0) is 18.9. The molecule has 0 radical (unpaired) electrons. The molecule has 0 saturated carbocycles. The first-order chi connectivity index (χ1) is 11.7. The summed E-state index contributed by atoms with van der Waals surface area (Å²) in [6.45, 7) is 10.1. The Hall–Kier alpha value is -2.50. The molecule has 0 aliphatic carbocycles. The first kappa shape index (κ1) is 18.8. The number of phenols is 1. The predicted octanol–water partition coefficient (Wildman–Crippen LogP) is 3.68. The van der Waals surface area contributed by atoms with Crippen molar-refractivity contribution >= 4 is 22.8 Å². The van der Waals surface area contributed by atoms with Crippen LogP contribution in [0, 0.1) is 12.8 Å². The third kappa shape index (κ3) is 3.34. The number of fused-ring (bicyclic) bond motifs is 1. The van der Waals surface area contributed by atoms with E-state index in [1.54, 1.807) is 13.0 Å². The number of rotatable bonds is 6. The number of esters is 1. The number of phenolic OH excluding ortho intramolecular Hbond substituents is 1. The second-order valence-electron chi connectivity index (χ2n) is 6.64. The Balaban J connectivity index is 2.91. The molecule has 0 saturated heterocycles. The van der Waals surface area contributed by atoms with E-state index < -0.39 is 17.9 Å². The van der Waals surface area contributed by atoms with E-state index >= 15 is 0 Å². The summed E-state index contributed by atoms with van der Waals surface area (Å²) in [5.74, 6) is -2.32. The molecule has 6 nitrogen and oxygen atoms in total. The summed E-state index contributed by atoms with van der Waals surface area (Å²) in [4.78, 5) is 24.1. The van der Waals surface area contributed by atoms with Crippen molar-refractivity contribution in [3.05, 3.63) is 29.0 Å². The largest absolute Gasteiger partial charge is 0.508 e. The maximum absolute atomic E-state index is 12.6. The van der Waals surface area contributed by atoms with Crippen LogP contribution < -0.4 is 0 Å². The van der Waals surface area contributed by atoms with Gasteiger partial charge in [0.25, 0.3) is 0 Å². The first-order valence-corrected chi connectivity index (χ1v) is 8.45. The molecule has 25 heavy (non-hydrogen) atoms. The summed E-state index contributed by atoms with van der Waals surface area (Å²) in [6.07, 6.45) is 0. The minimum atomic E-state index is -1.06. The summed E-state index contributed by atoms with van der Waals surface area (Å²) >= 11 is 0. The number of carbonyl (C=O) groups is 2. The normalized spacial score (nSPS) is 12.6. The van der Waals surface area contributed by atoms with Crippen molar-refractivity contribution < 1.29 is 24.5 Å². The number of carboxylic acids is 1. The average Bonchev–Trinajstić information content (AvgIpc) is 2.78. The van der Waals surface area contributed by atoms with Crippen LogP contribution in [0.2, 0.25) is 0 Å². The maximum atomic E-state index is 12.6. The monoisotopic (exact) mass is 347 g/mol. The minimum Gasteiger partial charge on any atom is -0.508 e. The second-order valence-corrected chi connectivity index (χ2v) is 6.64. The fraction of sp³-hybridized carbons (Fsp3) is 0.474. The van der Waals surface area contributed by atoms with Gasteiger partial charge < -0.3 is 19.5 Å². The number of aromatic hydroxyl groups is 1. The van der Waals surface area contributed by atoms with Gasteiger partial charge in [0, 0.05) is 28.7 Å². The molecule has 0 amide bonds. The molecule has 1 atom stereocenters. The molecule has 0 aliphatic rings. The molecule has 1 aromatic heterocycles. The van der Waals surface area contributed by atoms with Crippen molar-refractivity contribution in [1.29, 1.82) is 0 Å². The number of carboxylic acid groups (broad SMARTS) is 1. The van der Waals surface area contributed by atoms with E-state index in [1.807, 2.05) is 11.5 Å². The molecule has 0 spiro atoms. The Morgan fingerprint density at radius 1 is 1.24 bits per heavy atom. The number of hydrogen-bond donors (Lipinski definition) is 2. The van der Waals surface area contributed by atoms with Crippen LogP contribution in [0.15, 0.2) is 12.1 Å². The smallest absolute Gasteiger partial charge is 0.340 e. The van der Waals surface area contributed by atoms with Crippen LogP contribution in [0.3, 0.4) is 0 Å². The van der Waals surface area contributed by atoms with Gasteiger partial charge in [-0.25, -0.2) is 4.79 Å². The van der Waals surface area contributed by atoms with Crippen LogP contribution in [-0.4, -0.2) is 33.3 Å². The van der Waals surface area contributed by atoms with Crippen molar-refractivity contribution in [2.45, 2.75) is 47.1 Å². The number of carbonyl (C=O) groups excluding carboxylic acids is 1. The highest BCUT2D eigenvalue weighted by Gasteiger charge is 2.29. The van der Waals surface area contributed by atoms with Gasteiger partial charge in [-0.15, -0.1) is 0 Å². The van der Waals surface area contributed by atoms with Gasteiger partial charge in [0.1, 0.15) is 5.75 Å². The summed E-state index contributed by atoms with van der Waals surface area (Å²) in [5, 5.41) is 20.2. The standard InChI is InChI=1S/C19H25NO5/c1-6-25-19(24)16-12(5)20(9-10(2)3)13-7-8-14(21)15(17(13)16)11(4)18(22)23/h7-8,10-11,21H,6,9H2,1-5H3,(H,22,23). The maximum Gasteiger partial charge on any atom is 0.340 e. The van der Waals surface area contributed by atoms with E-state index in [1.165, 1.54) is 13.0 Å². The van der Waals surface area contributed by atoms with Crippen molar-refractivity contribution in [3.8, 4) is 5.75 Å². The molecule has 2 aromatic rings. The van der Waals surface area contributed by atoms with Crippen LogP contribution in [0.5, 0.6) is 5.75 Å². The van der Waals surface area contributed by atoms with Crippen LogP contribution >= 0.6 is 0 Å². The number of aliphatic carboxylic acids is 1. The Morgan fingerprint density at radius 3 is 2.40 bits per heavy atom. The quantitative estimate of drug-likeness (QED) is 0.778. The number of benzene rings is 1. The Labute approximate surface area is 147 Å². The summed E-state index contributed by atoms with van der Waals surface area (Å²) in [6, 6.07) is 3.21. The lowest BCUT2D eigenvalue weighted by Gasteiger charge is -2.13. The van der Waals surface area contributed by atoms with Gasteiger partial charge in [0.15, 0.2) is 0 Å². The van der Waals surface area contributed by atoms with Gasteiger partial charge >= 0.3 is 11.9 Å². The zero-order valence-corrected chi connectivity index (χ0v) is 15.3. The van der Waals surface area contributed by atoms with Crippen molar-refractivity contribution in [2.75, 3.05) is 6.61 Å². The molecule has 0 fully saturated rings. The van der Waals surface area contributed by atoms with E-state index in [0.717, 1.165) is 5.52 Å². The number of ether oxygens (including phenoxy) is 1. The van der Waals surface area contributed by atoms with Gasteiger partial charge in [0.05, 0.1) is 18.1 Å². The van der Waals surface area contributed by atoms with Crippen LogP contribution in [0.1, 0.15) is 55.2 Å². The van der Waals surface area contributed by atoms with Gasteiger partial charge in [-0.2, -0.15) is 0 Å². The molecule has 0 bridgehead atoms. The second kappa shape index (κ2) is 7.17. The molecule has 2 N–H and O–H groups in total. The Morgan fingerprint density at radius 2 is 1.88 bits per heavy atom. The van der Waals surface area contributed by atoms with Crippen molar-refractivity contribution in [3.63, 3.8) is 0 Å². The third-order valence-electron chi connectivity index (χ3n) is 4.34. The number of hydrogen-bond acceptors (Lipinski definition) is 4. The molecule has 2 rings (SSSR count). The van der Waals surface area contributed by atoms with E-state index in [-0.39, 0.29) is 17.9 Å². The lowest BCUT2D eigenvalue weighted by Crippen LogP contribution is -2.11. The molecule has 1 aromatic carbocycles. The van der Waals surface area contributed by atoms with Gasteiger partial charge in [-0.3, -0.25) is 4.79 Å². The van der Waals surface area contributed by atoms with E-state index in [4.69, 9.17) is 4.74 Å². The molecule has 0 aliphatic heterocycles. The highest BCUT2D eigenvalue weighted by Crippen LogP contribution is 2.39. The van der Waals surface area contributed by atoms with Gasteiger partial charge in [-0.05, 0) is 38.8 Å². The first-order valence-electron chi connectivity index (χ1n) is 8.45. The highest BCUT2D eigenvalue weighted by molar-refractivity contribution is 6.09. The fourth-order valence-corrected chi connectivity index (χ4v) is 3.20. The van der Waals surface area contributed by atoms with Crippen molar-refractivity contribution in [2.24, 2.45) is 5.92 Å². The van der Waals surface area contributed by atoms with E-state index in [2.05, 4.69) is 13.8 Å². The molecule has 6 heteroatoms. The topological polar surface area (TPSA) is 88.8 Å². The van der Waals surface area contributed by atoms with E-state index in [9.17, 15) is 19.8 Å². The van der Waals surface area contributed by atoms with E-state index in [0.29, 0.717) is 29.1 Å². The van der Waals surface area contributed by atoms with Crippen LogP contribution in [0.25, 0.3) is 10.9 Å². The summed E-state index contributed by atoms with van der Waals surface area (Å²) < 4.78 is 7.18. The van der Waals surface area contributed by atoms with Crippen molar-refractivity contribution in [1.82, 2.24) is 4.57 Å². The Bertz CT molecular complexity index is 819. The molecule has 136 valence electrons. The number of aromatic nitrogens is 1. The SMILES string of the molecule is CCOC(=O)c1c(C)n(CC(C)C)c2ccc(O)c(C(C)C(=O)O)c12. The van der Waals surface area contributed by atoms with Crippen LogP contribution in [0.4, 0.5) is 0 Å². The summed E-state index contributed by atoms with van der Waals surface area (Å²) in [5.41, 5.74) is 2.02. The fourth-order valence-electron chi connectivity index (χ4n) is 3.20. The third-order valence-corrected chi connectivity index (χ3v) is 4.34. The lowest BCUT2D eigenvalue weighted by molar-refractivity contribution is -0.138. The molecular formula is C19H25NO5. The molecule has 1 unspecified atom stereocenters. The molecular weight excluding hydrogens is 322 g/mol. The summed E-state index contributed by atoms with van der Waals surface area (Å²) in [7, 11) is 0. The number of nitrogens with zero attached hydrogens (tertiary/aromatic N) is 1. The molecule has 1 heterocycles. The average molecular weight is 347 g/mol. The lowest BCUT2D eigenvalue weighted by atomic mass is 9.94. The minimum absolute atomic E-state index is 0.130. The zero-order valence-electron chi connectivity index (χ0n) is 15.3. The van der Waals surface area contributed by atoms with Gasteiger partial charge in [-0.1, -0.05) is 13.8 Å². The predicted molar refractivity (Wildman–Crippen MR) is 95.2 cm³/mol. The van der Waals surface area contributed by atoms with Gasteiger partial charge in [0.2, 0.25) is 0 Å². The highest BCUT2D eigenvalue weighted by atomic mass is 16.5.